The molecule has 1 aromatic carbocycles. The second-order valence-electron chi connectivity index (χ2n) is 4.28. The Balaban J connectivity index is 1.92. The zero-order valence-corrected chi connectivity index (χ0v) is 12.2. The first-order valence-corrected chi connectivity index (χ1v) is 7.86. The van der Waals surface area contributed by atoms with Crippen molar-refractivity contribution in [1.29, 1.82) is 0 Å². The van der Waals surface area contributed by atoms with Crippen LogP contribution >= 0.6 is 22.7 Å². The van der Waals surface area contributed by atoms with Gasteiger partial charge in [0.25, 0.3) is 0 Å². The minimum absolute atomic E-state index is 0.784. The Morgan fingerprint density at radius 1 is 1.11 bits per heavy atom. The Bertz CT molecular complexity index is 680. The van der Waals surface area contributed by atoms with Gasteiger partial charge in [-0.15, -0.1) is 22.7 Å². The highest BCUT2D eigenvalue weighted by Gasteiger charge is 2.08. The molecule has 0 bridgehead atoms. The molecule has 0 fully saturated rings. The Morgan fingerprint density at radius 3 is 2.58 bits per heavy atom. The summed E-state index contributed by atoms with van der Waals surface area (Å²) in [7, 11) is 0. The summed E-state index contributed by atoms with van der Waals surface area (Å²) in [5.41, 5.74) is 8.68. The van der Waals surface area contributed by atoms with Crippen LogP contribution in [0, 0.1) is 0 Å². The van der Waals surface area contributed by atoms with Crippen LogP contribution in [0.1, 0.15) is 11.8 Å². The maximum Gasteiger partial charge on any atom is 0.124 e. The molecule has 0 atom stereocenters. The van der Waals surface area contributed by atoms with Crippen molar-refractivity contribution in [3.8, 4) is 21.1 Å². The van der Waals surface area contributed by atoms with E-state index in [0.29, 0.717) is 0 Å². The summed E-state index contributed by atoms with van der Waals surface area (Å²) in [4.78, 5) is 7.36. The molecule has 0 aliphatic heterocycles. The predicted molar refractivity (Wildman–Crippen MR) is 84.7 cm³/mol. The maximum absolute atomic E-state index is 5.70. The molecule has 96 valence electrons. The molecule has 0 amide bonds. The Labute approximate surface area is 120 Å². The lowest BCUT2D eigenvalue weighted by Gasteiger charge is -1.96. The third-order valence-electron chi connectivity index (χ3n) is 2.92. The molecular formula is C15H14N2S2. The molecule has 3 rings (SSSR count). The number of aromatic nitrogens is 1. The number of thiophene rings is 1. The molecule has 0 radical (unpaired) electrons. The fourth-order valence-corrected chi connectivity index (χ4v) is 3.66. The fourth-order valence-electron chi connectivity index (χ4n) is 1.85. The lowest BCUT2D eigenvalue weighted by Crippen LogP contribution is -1.83. The molecule has 0 aliphatic rings. The normalized spacial score (nSPS) is 10.8. The Kier molecular flexibility index (Phi) is 3.36. The number of nitrogens with zero attached hydrogens (tertiary/aromatic N) is 1. The number of rotatable bonds is 3. The van der Waals surface area contributed by atoms with Gasteiger partial charge in [0.1, 0.15) is 5.01 Å². The SMILES string of the molecule is CCc1ccc(-c2csc(-c3ccc(N)cc3)n2)s1. The minimum atomic E-state index is 0.784. The topological polar surface area (TPSA) is 38.9 Å². The van der Waals surface area contributed by atoms with E-state index in [0.717, 1.165) is 28.4 Å². The van der Waals surface area contributed by atoms with Crippen molar-refractivity contribution in [1.82, 2.24) is 4.98 Å². The zero-order chi connectivity index (χ0) is 13.2. The molecule has 0 spiro atoms. The summed E-state index contributed by atoms with van der Waals surface area (Å²) in [6.45, 7) is 2.18. The van der Waals surface area contributed by atoms with Crippen LogP contribution in [0.5, 0.6) is 0 Å². The quantitative estimate of drug-likeness (QED) is 0.710. The molecule has 2 heterocycles. The monoisotopic (exact) mass is 286 g/mol. The largest absolute Gasteiger partial charge is 0.399 e. The Morgan fingerprint density at radius 2 is 1.89 bits per heavy atom. The van der Waals surface area contributed by atoms with Crippen LogP contribution < -0.4 is 5.73 Å². The molecule has 2 N–H and O–H groups in total. The number of aryl methyl sites for hydroxylation is 1. The number of benzene rings is 1. The lowest BCUT2D eigenvalue weighted by molar-refractivity contribution is 1.19. The molecule has 2 nitrogen and oxygen atoms in total. The van der Waals surface area contributed by atoms with Crippen molar-refractivity contribution >= 4 is 28.4 Å². The first-order chi connectivity index (χ1) is 9.26. The number of hydrogen-bond acceptors (Lipinski definition) is 4. The highest BCUT2D eigenvalue weighted by Crippen LogP contribution is 2.33. The summed E-state index contributed by atoms with van der Waals surface area (Å²) in [6.07, 6.45) is 1.08. The molecule has 19 heavy (non-hydrogen) atoms. The summed E-state index contributed by atoms with van der Waals surface area (Å²) >= 11 is 3.50. The molecule has 0 unspecified atom stereocenters. The van der Waals surface area contributed by atoms with Gasteiger partial charge in [-0.1, -0.05) is 6.92 Å². The summed E-state index contributed by atoms with van der Waals surface area (Å²) in [6, 6.07) is 12.2. The first-order valence-electron chi connectivity index (χ1n) is 6.17. The Hall–Kier alpha value is -1.65. The van der Waals surface area contributed by atoms with Crippen molar-refractivity contribution in [2.45, 2.75) is 13.3 Å². The van der Waals surface area contributed by atoms with Gasteiger partial charge in [-0.3, -0.25) is 0 Å². The molecule has 0 saturated carbocycles. The molecule has 0 saturated heterocycles. The maximum atomic E-state index is 5.70. The number of thiazole rings is 1. The van der Waals surface area contributed by atoms with Crippen LogP contribution in [0.4, 0.5) is 5.69 Å². The molecule has 0 aliphatic carbocycles. The smallest absolute Gasteiger partial charge is 0.124 e. The van der Waals surface area contributed by atoms with Gasteiger partial charge in [0.15, 0.2) is 0 Å². The van der Waals surface area contributed by atoms with E-state index in [9.17, 15) is 0 Å². The van der Waals surface area contributed by atoms with E-state index in [-0.39, 0.29) is 0 Å². The van der Waals surface area contributed by atoms with Gasteiger partial charge in [-0.25, -0.2) is 4.98 Å². The third kappa shape index (κ3) is 2.55. The van der Waals surface area contributed by atoms with E-state index in [2.05, 4.69) is 24.4 Å². The van der Waals surface area contributed by atoms with Crippen LogP contribution in [0.3, 0.4) is 0 Å². The summed E-state index contributed by atoms with van der Waals surface area (Å²) < 4.78 is 0. The minimum Gasteiger partial charge on any atom is -0.399 e. The van der Waals surface area contributed by atoms with Crippen LogP contribution in [-0.2, 0) is 6.42 Å². The van der Waals surface area contributed by atoms with Crippen LogP contribution in [0.2, 0.25) is 0 Å². The van der Waals surface area contributed by atoms with E-state index < -0.39 is 0 Å². The second kappa shape index (κ2) is 5.15. The number of hydrogen-bond donors (Lipinski definition) is 1. The predicted octanol–water partition coefficient (Wildman–Crippen LogP) is 4.68. The van der Waals surface area contributed by atoms with Crippen molar-refractivity contribution in [2.75, 3.05) is 5.73 Å². The van der Waals surface area contributed by atoms with Gasteiger partial charge in [-0.05, 0) is 42.8 Å². The molecular weight excluding hydrogens is 272 g/mol. The number of nitrogens with two attached hydrogens (primary N) is 1. The highest BCUT2D eigenvalue weighted by atomic mass is 32.1. The van der Waals surface area contributed by atoms with E-state index in [1.165, 1.54) is 9.75 Å². The highest BCUT2D eigenvalue weighted by molar-refractivity contribution is 7.16. The van der Waals surface area contributed by atoms with Crippen LogP contribution in [0.25, 0.3) is 21.1 Å². The summed E-state index contributed by atoms with van der Waals surface area (Å²) in [5, 5.41) is 3.16. The van der Waals surface area contributed by atoms with E-state index >= 15 is 0 Å². The fraction of sp³-hybridized carbons (Fsp3) is 0.133. The van der Waals surface area contributed by atoms with Gasteiger partial charge >= 0.3 is 0 Å². The van der Waals surface area contributed by atoms with Crippen molar-refractivity contribution in [2.24, 2.45) is 0 Å². The average molecular weight is 286 g/mol. The van der Waals surface area contributed by atoms with Crippen molar-refractivity contribution < 1.29 is 0 Å². The molecule has 3 aromatic rings. The molecule has 4 heteroatoms. The van der Waals surface area contributed by atoms with Gasteiger partial charge in [0.05, 0.1) is 10.6 Å². The second-order valence-corrected chi connectivity index (χ2v) is 6.31. The van der Waals surface area contributed by atoms with Crippen molar-refractivity contribution in [3.05, 3.63) is 46.7 Å². The van der Waals surface area contributed by atoms with Crippen molar-refractivity contribution in [3.63, 3.8) is 0 Å². The number of anilines is 1. The summed E-state index contributed by atoms with van der Waals surface area (Å²) in [5.74, 6) is 0. The lowest BCUT2D eigenvalue weighted by atomic mass is 10.2. The van der Waals surface area contributed by atoms with Gasteiger partial charge in [0, 0.05) is 21.5 Å². The van der Waals surface area contributed by atoms with Crippen LogP contribution in [-0.4, -0.2) is 4.98 Å². The first kappa shape index (κ1) is 12.4. The molecule has 2 aromatic heterocycles. The van der Waals surface area contributed by atoms with E-state index in [1.54, 1.807) is 11.3 Å². The average Bonchev–Trinajstić information content (AvgIpc) is 3.08. The number of nitrogen functional groups attached to an aromatic ring is 1. The van der Waals surface area contributed by atoms with Crippen LogP contribution in [0.15, 0.2) is 41.8 Å². The standard InChI is InChI=1S/C15H14N2S2/c1-2-12-7-8-14(19-12)13-9-18-15(17-13)10-3-5-11(16)6-4-10/h3-9H,2,16H2,1H3. The third-order valence-corrected chi connectivity index (χ3v) is 5.07. The van der Waals surface area contributed by atoms with Gasteiger partial charge in [0.2, 0.25) is 0 Å². The van der Waals surface area contributed by atoms with E-state index in [1.807, 2.05) is 35.6 Å². The zero-order valence-electron chi connectivity index (χ0n) is 10.6. The van der Waals surface area contributed by atoms with E-state index in [4.69, 9.17) is 10.7 Å². The van der Waals surface area contributed by atoms with Gasteiger partial charge in [-0.2, -0.15) is 0 Å². The van der Waals surface area contributed by atoms with Gasteiger partial charge < -0.3 is 5.73 Å².